The van der Waals surface area contributed by atoms with Crippen molar-refractivity contribution < 1.29 is 0 Å². The van der Waals surface area contributed by atoms with Gasteiger partial charge in [0.15, 0.2) is 0 Å². The van der Waals surface area contributed by atoms with Gasteiger partial charge >= 0.3 is 0 Å². The van der Waals surface area contributed by atoms with Gasteiger partial charge in [-0.05, 0) is 48.4 Å². The Morgan fingerprint density at radius 2 is 1.74 bits per heavy atom. The minimum Gasteiger partial charge on any atom is -0.348 e. The molecule has 1 N–H and O–H groups in total. The summed E-state index contributed by atoms with van der Waals surface area (Å²) >= 11 is 5.92. The number of nitrogens with zero attached hydrogens (tertiary/aromatic N) is 6. The predicted molar refractivity (Wildman–Crippen MR) is 121 cm³/mol. The lowest BCUT2D eigenvalue weighted by molar-refractivity contribution is 0.854. The second-order valence-electron chi connectivity index (χ2n) is 7.04. The van der Waals surface area contributed by atoms with Crippen LogP contribution < -0.4 is 5.32 Å². The number of rotatable bonds is 5. The fraction of sp³-hybridized carbons (Fsp3) is 0.0870. The number of benzene rings is 2. The van der Waals surface area contributed by atoms with E-state index in [4.69, 9.17) is 11.6 Å². The van der Waals surface area contributed by atoms with Crippen LogP contribution in [-0.2, 0) is 0 Å². The molecular formula is C23H18ClN7. The first kappa shape index (κ1) is 19.1. The van der Waals surface area contributed by atoms with Crippen molar-refractivity contribution in [3.8, 4) is 17.1 Å². The summed E-state index contributed by atoms with van der Waals surface area (Å²) in [5.41, 5.74) is 4.60. The van der Waals surface area contributed by atoms with Gasteiger partial charge in [0.25, 0.3) is 0 Å². The zero-order valence-electron chi connectivity index (χ0n) is 16.6. The van der Waals surface area contributed by atoms with Gasteiger partial charge in [0, 0.05) is 18.0 Å². The van der Waals surface area contributed by atoms with Crippen molar-refractivity contribution in [1.82, 2.24) is 29.5 Å². The molecule has 0 unspecified atom stereocenters. The first-order valence-corrected chi connectivity index (χ1v) is 10.2. The van der Waals surface area contributed by atoms with Crippen LogP contribution in [0.1, 0.15) is 18.5 Å². The largest absolute Gasteiger partial charge is 0.348 e. The van der Waals surface area contributed by atoms with Crippen molar-refractivity contribution in [2.75, 3.05) is 5.32 Å². The van der Waals surface area contributed by atoms with Crippen LogP contribution in [0.4, 0.5) is 5.95 Å². The van der Waals surface area contributed by atoms with Gasteiger partial charge in [-0.25, -0.2) is 19.9 Å². The molecule has 0 spiro atoms. The summed E-state index contributed by atoms with van der Waals surface area (Å²) in [4.78, 5) is 21.8. The van der Waals surface area contributed by atoms with Gasteiger partial charge in [0.2, 0.25) is 11.2 Å². The van der Waals surface area contributed by atoms with Crippen molar-refractivity contribution in [3.63, 3.8) is 0 Å². The second-order valence-corrected chi connectivity index (χ2v) is 7.38. The first-order valence-electron chi connectivity index (χ1n) is 9.78. The Labute approximate surface area is 183 Å². The average Bonchev–Trinajstić information content (AvgIpc) is 3.23. The topological polar surface area (TPSA) is 81.4 Å². The molecule has 3 aromatic heterocycles. The summed E-state index contributed by atoms with van der Waals surface area (Å²) in [7, 11) is 0. The first-order chi connectivity index (χ1) is 15.2. The fourth-order valence-corrected chi connectivity index (χ4v) is 3.57. The van der Waals surface area contributed by atoms with E-state index in [-0.39, 0.29) is 11.3 Å². The summed E-state index contributed by atoms with van der Waals surface area (Å²) in [6.07, 6.45) is 5.14. The molecule has 8 heteroatoms. The highest BCUT2D eigenvalue weighted by Crippen LogP contribution is 2.25. The fourth-order valence-electron chi connectivity index (χ4n) is 3.42. The maximum absolute atomic E-state index is 5.92. The number of hydrogen-bond donors (Lipinski definition) is 1. The Morgan fingerprint density at radius 1 is 0.903 bits per heavy atom. The normalized spacial score (nSPS) is 12.1. The van der Waals surface area contributed by atoms with Gasteiger partial charge in [-0.1, -0.05) is 36.4 Å². The molecule has 0 saturated carbocycles. The minimum atomic E-state index is 0.0817. The molecule has 3 heterocycles. The molecule has 7 nitrogen and oxygen atoms in total. The van der Waals surface area contributed by atoms with E-state index in [0.717, 1.165) is 28.1 Å². The van der Waals surface area contributed by atoms with Crippen LogP contribution in [0.3, 0.4) is 0 Å². The molecule has 152 valence electrons. The summed E-state index contributed by atoms with van der Waals surface area (Å²) in [6.45, 7) is 2.08. The SMILES string of the molecule is C[C@H](Nc1nccc(-n2cnc3cc(-c4ccnc(Cl)n4)ccc32)n1)c1ccccc1. The number of hydrogen-bond acceptors (Lipinski definition) is 6. The summed E-state index contributed by atoms with van der Waals surface area (Å²) in [6, 6.07) is 19.9. The lowest BCUT2D eigenvalue weighted by atomic mass is 10.1. The molecule has 0 aliphatic carbocycles. The lowest BCUT2D eigenvalue weighted by Gasteiger charge is -2.14. The highest BCUT2D eigenvalue weighted by atomic mass is 35.5. The zero-order chi connectivity index (χ0) is 21.2. The summed E-state index contributed by atoms with van der Waals surface area (Å²) in [5.74, 6) is 1.29. The van der Waals surface area contributed by atoms with Crippen molar-refractivity contribution in [1.29, 1.82) is 0 Å². The molecular weight excluding hydrogens is 410 g/mol. The predicted octanol–water partition coefficient (Wildman–Crippen LogP) is 5.10. The molecule has 0 aliphatic heterocycles. The molecule has 0 saturated heterocycles. The number of halogens is 1. The van der Waals surface area contributed by atoms with Crippen LogP contribution in [0.25, 0.3) is 28.1 Å². The Kier molecular flexibility index (Phi) is 5.01. The highest BCUT2D eigenvalue weighted by molar-refractivity contribution is 6.28. The minimum absolute atomic E-state index is 0.0817. The second kappa shape index (κ2) is 8.12. The highest BCUT2D eigenvalue weighted by Gasteiger charge is 2.11. The zero-order valence-corrected chi connectivity index (χ0v) is 17.4. The van der Waals surface area contributed by atoms with Crippen molar-refractivity contribution >= 4 is 28.6 Å². The van der Waals surface area contributed by atoms with E-state index in [2.05, 4.69) is 49.3 Å². The van der Waals surface area contributed by atoms with Crippen LogP contribution in [0.15, 0.2) is 79.4 Å². The van der Waals surface area contributed by atoms with E-state index in [1.807, 2.05) is 53.1 Å². The van der Waals surface area contributed by atoms with Crippen molar-refractivity contribution in [2.24, 2.45) is 0 Å². The Bertz CT molecular complexity index is 1350. The van der Waals surface area contributed by atoms with Gasteiger partial charge in [-0.2, -0.15) is 4.98 Å². The molecule has 0 radical (unpaired) electrons. The lowest BCUT2D eigenvalue weighted by Crippen LogP contribution is -2.10. The maximum Gasteiger partial charge on any atom is 0.225 e. The molecule has 0 fully saturated rings. The van der Waals surface area contributed by atoms with Crippen LogP contribution in [-0.4, -0.2) is 29.5 Å². The molecule has 0 bridgehead atoms. The summed E-state index contributed by atoms with van der Waals surface area (Å²) in [5, 5.41) is 3.58. The molecule has 2 aromatic carbocycles. The molecule has 0 amide bonds. The third-order valence-corrected chi connectivity index (χ3v) is 5.18. The van der Waals surface area contributed by atoms with Crippen LogP contribution in [0.2, 0.25) is 5.28 Å². The standard InChI is InChI=1S/C23H18ClN7/c1-15(16-5-3-2-4-6-16)28-23-26-12-10-21(30-23)31-14-27-19-13-17(7-8-20(19)31)18-9-11-25-22(24)29-18/h2-15H,1H3,(H,26,28,30)/t15-/m0/s1. The van der Waals surface area contributed by atoms with Gasteiger partial charge in [-0.3, -0.25) is 4.57 Å². The number of aromatic nitrogens is 6. The number of imidazole rings is 1. The monoisotopic (exact) mass is 427 g/mol. The van der Waals surface area contributed by atoms with Crippen LogP contribution in [0, 0.1) is 0 Å². The van der Waals surface area contributed by atoms with Crippen LogP contribution >= 0.6 is 11.6 Å². The van der Waals surface area contributed by atoms with Gasteiger partial charge in [0.05, 0.1) is 22.8 Å². The van der Waals surface area contributed by atoms with E-state index < -0.39 is 0 Å². The van der Waals surface area contributed by atoms with Gasteiger partial charge < -0.3 is 5.32 Å². The Morgan fingerprint density at radius 3 is 2.58 bits per heavy atom. The molecule has 5 rings (SSSR count). The van der Waals surface area contributed by atoms with Gasteiger partial charge in [0.1, 0.15) is 12.1 Å². The van der Waals surface area contributed by atoms with Gasteiger partial charge in [-0.15, -0.1) is 0 Å². The molecule has 1 atom stereocenters. The van der Waals surface area contributed by atoms with Crippen molar-refractivity contribution in [2.45, 2.75) is 13.0 Å². The van der Waals surface area contributed by atoms with Crippen LogP contribution in [0.5, 0.6) is 0 Å². The smallest absolute Gasteiger partial charge is 0.225 e. The summed E-state index contributed by atoms with van der Waals surface area (Å²) < 4.78 is 1.94. The third kappa shape index (κ3) is 3.95. The number of fused-ring (bicyclic) bond motifs is 1. The van der Waals surface area contributed by atoms with Crippen molar-refractivity contribution in [3.05, 3.63) is 90.2 Å². The van der Waals surface area contributed by atoms with E-state index in [1.54, 1.807) is 18.7 Å². The van der Waals surface area contributed by atoms with E-state index in [1.165, 1.54) is 5.56 Å². The Hall–Kier alpha value is -3.84. The quantitative estimate of drug-likeness (QED) is 0.393. The Balaban J connectivity index is 1.45. The van der Waals surface area contributed by atoms with E-state index in [9.17, 15) is 0 Å². The molecule has 31 heavy (non-hydrogen) atoms. The van der Waals surface area contributed by atoms with E-state index >= 15 is 0 Å². The molecule has 5 aromatic rings. The third-order valence-electron chi connectivity index (χ3n) is 5.00. The molecule has 0 aliphatic rings. The maximum atomic E-state index is 5.92. The number of nitrogens with one attached hydrogen (secondary N) is 1. The van der Waals surface area contributed by atoms with E-state index in [0.29, 0.717) is 5.95 Å². The average molecular weight is 428 g/mol. The number of anilines is 1.